The average Bonchev–Trinajstić information content (AvgIpc) is 2.59. The van der Waals surface area contributed by atoms with E-state index in [1.54, 1.807) is 24.3 Å². The molecule has 0 unspecified atom stereocenters. The van der Waals surface area contributed by atoms with Crippen LogP contribution in [0.2, 0.25) is 5.02 Å². The summed E-state index contributed by atoms with van der Waals surface area (Å²) in [6.07, 6.45) is 1.18. The van der Waals surface area contributed by atoms with Crippen LogP contribution in [0.25, 0.3) is 0 Å². The van der Waals surface area contributed by atoms with Crippen LogP contribution in [-0.4, -0.2) is 28.0 Å². The number of nitro groups is 1. The average molecular weight is 395 g/mol. The molecule has 0 aliphatic rings. The van der Waals surface area contributed by atoms with E-state index in [1.165, 1.54) is 12.3 Å². The summed E-state index contributed by atoms with van der Waals surface area (Å²) in [6, 6.07) is 9.56. The van der Waals surface area contributed by atoms with Crippen molar-refractivity contribution in [2.24, 2.45) is 5.10 Å². The first kappa shape index (κ1) is 19.4. The number of thiocarbonyl (C=S) groups is 1. The minimum atomic E-state index is -0.732. The van der Waals surface area contributed by atoms with Gasteiger partial charge in [0.25, 0.3) is 0 Å². The normalized spacial score (nSPS) is 10.5. The van der Waals surface area contributed by atoms with Crippen LogP contribution in [0.15, 0.2) is 41.5 Å². The molecule has 0 bridgehead atoms. The van der Waals surface area contributed by atoms with Crippen LogP contribution in [0.3, 0.4) is 0 Å². The zero-order valence-electron chi connectivity index (χ0n) is 13.6. The fourth-order valence-electron chi connectivity index (χ4n) is 1.96. The highest BCUT2D eigenvalue weighted by Crippen LogP contribution is 2.32. The molecular formula is C16H15ClN4O4S. The summed E-state index contributed by atoms with van der Waals surface area (Å²) >= 11 is 10.9. The van der Waals surface area contributed by atoms with E-state index in [9.17, 15) is 15.2 Å². The van der Waals surface area contributed by atoms with Crippen LogP contribution in [0.5, 0.6) is 11.5 Å². The van der Waals surface area contributed by atoms with Crippen LogP contribution >= 0.6 is 23.8 Å². The van der Waals surface area contributed by atoms with Crippen molar-refractivity contribution in [3.8, 4) is 11.5 Å². The molecule has 0 spiro atoms. The van der Waals surface area contributed by atoms with E-state index in [-0.39, 0.29) is 15.7 Å². The van der Waals surface area contributed by atoms with Crippen molar-refractivity contribution in [3.05, 3.63) is 57.1 Å². The fourth-order valence-corrected chi connectivity index (χ4v) is 2.36. The number of halogens is 1. The largest absolute Gasteiger partial charge is 0.502 e. The Kier molecular flexibility index (Phi) is 6.70. The van der Waals surface area contributed by atoms with Crippen LogP contribution in [0.1, 0.15) is 12.5 Å². The Labute approximate surface area is 159 Å². The van der Waals surface area contributed by atoms with Crippen molar-refractivity contribution in [2.75, 3.05) is 11.9 Å². The summed E-state index contributed by atoms with van der Waals surface area (Å²) in [5.41, 5.74) is 2.85. The number of benzene rings is 2. The van der Waals surface area contributed by atoms with E-state index in [1.807, 2.05) is 6.92 Å². The summed E-state index contributed by atoms with van der Waals surface area (Å²) in [4.78, 5) is 10.1. The molecule has 0 atom stereocenters. The maximum Gasteiger partial charge on any atom is 0.312 e. The summed E-state index contributed by atoms with van der Waals surface area (Å²) < 4.78 is 5.34. The van der Waals surface area contributed by atoms with Gasteiger partial charge in [-0.05, 0) is 49.5 Å². The van der Waals surface area contributed by atoms with E-state index >= 15 is 0 Å². The number of aromatic hydroxyl groups is 1. The van der Waals surface area contributed by atoms with E-state index in [0.717, 1.165) is 17.5 Å². The number of rotatable bonds is 6. The Morgan fingerprint density at radius 2 is 2.12 bits per heavy atom. The highest BCUT2D eigenvalue weighted by molar-refractivity contribution is 7.80. The molecule has 0 aliphatic carbocycles. The molecule has 8 nitrogen and oxygen atoms in total. The topological polar surface area (TPSA) is 109 Å². The molecule has 0 saturated heterocycles. The van der Waals surface area contributed by atoms with Gasteiger partial charge < -0.3 is 15.2 Å². The monoisotopic (exact) mass is 394 g/mol. The number of nitro benzene ring substituents is 1. The second-order valence-corrected chi connectivity index (χ2v) is 5.75. The minimum absolute atomic E-state index is 0.0839. The third-order valence-corrected chi connectivity index (χ3v) is 3.49. The standard InChI is InChI=1S/C16H15ClN4O4S/c1-2-25-13-5-3-12(4-6-13)19-16(26)20-18-9-10-7-11(17)8-14(15(10)22)21(23)24/h3-9,22H,2H2,1H3,(H2,19,20,26). The zero-order valence-corrected chi connectivity index (χ0v) is 15.2. The first-order chi connectivity index (χ1) is 12.4. The molecular weight excluding hydrogens is 380 g/mol. The molecule has 0 radical (unpaired) electrons. The van der Waals surface area contributed by atoms with Gasteiger partial charge in [-0.1, -0.05) is 11.6 Å². The molecule has 0 aliphatic heterocycles. The van der Waals surface area contributed by atoms with Gasteiger partial charge in [-0.15, -0.1) is 0 Å². The van der Waals surface area contributed by atoms with Crippen molar-refractivity contribution < 1.29 is 14.8 Å². The van der Waals surface area contributed by atoms with Crippen LogP contribution in [0.4, 0.5) is 11.4 Å². The molecule has 136 valence electrons. The number of hydrazone groups is 1. The molecule has 0 amide bonds. The number of nitrogens with zero attached hydrogens (tertiary/aromatic N) is 2. The smallest absolute Gasteiger partial charge is 0.312 e. The predicted octanol–water partition coefficient (Wildman–Crippen LogP) is 3.67. The van der Waals surface area contributed by atoms with Gasteiger partial charge in [0.2, 0.25) is 5.75 Å². The number of ether oxygens (including phenoxy) is 1. The third-order valence-electron chi connectivity index (χ3n) is 3.07. The second-order valence-electron chi connectivity index (χ2n) is 4.90. The number of nitrogens with one attached hydrogen (secondary N) is 2. The number of hydrogen-bond acceptors (Lipinski definition) is 6. The lowest BCUT2D eigenvalue weighted by Gasteiger charge is -2.08. The van der Waals surface area contributed by atoms with E-state index < -0.39 is 16.4 Å². The molecule has 2 aromatic rings. The number of hydrogen-bond donors (Lipinski definition) is 3. The van der Waals surface area contributed by atoms with Gasteiger partial charge in [-0.2, -0.15) is 5.10 Å². The van der Waals surface area contributed by atoms with Gasteiger partial charge in [0.05, 0.1) is 17.7 Å². The van der Waals surface area contributed by atoms with Crippen LogP contribution in [0, 0.1) is 10.1 Å². The molecule has 0 saturated carbocycles. The van der Waals surface area contributed by atoms with Gasteiger partial charge in [0, 0.05) is 22.3 Å². The summed E-state index contributed by atoms with van der Waals surface area (Å²) in [5.74, 6) is 0.211. The number of phenols is 1. The van der Waals surface area contributed by atoms with E-state index in [4.69, 9.17) is 28.6 Å². The highest BCUT2D eigenvalue weighted by Gasteiger charge is 2.17. The SMILES string of the molecule is CCOc1ccc(NC(=S)NN=Cc2cc(Cl)cc([N+](=O)[O-])c2O)cc1. The quantitative estimate of drug-likeness (QED) is 0.297. The van der Waals surface area contributed by atoms with Crippen molar-refractivity contribution in [2.45, 2.75) is 6.92 Å². The fraction of sp³-hybridized carbons (Fsp3) is 0.125. The summed E-state index contributed by atoms with van der Waals surface area (Å²) in [7, 11) is 0. The maximum atomic E-state index is 10.9. The van der Waals surface area contributed by atoms with Gasteiger partial charge in [0.15, 0.2) is 5.11 Å². The number of anilines is 1. The van der Waals surface area contributed by atoms with Gasteiger partial charge in [-0.3, -0.25) is 15.5 Å². The molecule has 3 N–H and O–H groups in total. The van der Waals surface area contributed by atoms with Crippen LogP contribution < -0.4 is 15.5 Å². The molecule has 0 aromatic heterocycles. The Hall–Kier alpha value is -2.91. The first-order valence-corrected chi connectivity index (χ1v) is 8.19. The molecule has 0 heterocycles. The number of phenolic OH excluding ortho intramolecular Hbond substituents is 1. The lowest BCUT2D eigenvalue weighted by molar-refractivity contribution is -0.385. The second kappa shape index (κ2) is 8.97. The minimum Gasteiger partial charge on any atom is -0.502 e. The Morgan fingerprint density at radius 3 is 2.73 bits per heavy atom. The first-order valence-electron chi connectivity index (χ1n) is 7.40. The Bertz CT molecular complexity index is 843. The summed E-state index contributed by atoms with van der Waals surface area (Å²) in [5, 5.41) is 27.8. The zero-order chi connectivity index (χ0) is 19.1. The van der Waals surface area contributed by atoms with E-state index in [2.05, 4.69) is 15.8 Å². The highest BCUT2D eigenvalue weighted by atomic mass is 35.5. The van der Waals surface area contributed by atoms with Crippen molar-refractivity contribution in [3.63, 3.8) is 0 Å². The van der Waals surface area contributed by atoms with Gasteiger partial charge in [-0.25, -0.2) is 0 Å². The molecule has 26 heavy (non-hydrogen) atoms. The molecule has 2 aromatic carbocycles. The lowest BCUT2D eigenvalue weighted by atomic mass is 10.2. The summed E-state index contributed by atoms with van der Waals surface area (Å²) in [6.45, 7) is 2.48. The molecule has 0 fully saturated rings. The lowest BCUT2D eigenvalue weighted by Crippen LogP contribution is -2.23. The third kappa shape index (κ3) is 5.30. The Balaban J connectivity index is 1.99. The maximum absolute atomic E-state index is 10.9. The Morgan fingerprint density at radius 1 is 1.42 bits per heavy atom. The molecule has 2 rings (SSSR count). The van der Waals surface area contributed by atoms with Gasteiger partial charge in [0.1, 0.15) is 5.75 Å². The van der Waals surface area contributed by atoms with Crippen molar-refractivity contribution in [1.82, 2.24) is 5.43 Å². The molecule has 10 heteroatoms. The van der Waals surface area contributed by atoms with Gasteiger partial charge >= 0.3 is 5.69 Å². The van der Waals surface area contributed by atoms with Crippen molar-refractivity contribution >= 4 is 46.5 Å². The van der Waals surface area contributed by atoms with E-state index in [0.29, 0.717) is 6.61 Å². The predicted molar refractivity (Wildman–Crippen MR) is 104 cm³/mol. The van der Waals surface area contributed by atoms with Crippen LogP contribution in [-0.2, 0) is 0 Å². The van der Waals surface area contributed by atoms with Crippen molar-refractivity contribution in [1.29, 1.82) is 0 Å².